The lowest BCUT2D eigenvalue weighted by molar-refractivity contribution is -0.0793. The summed E-state index contributed by atoms with van der Waals surface area (Å²) in [7, 11) is 0. The maximum atomic E-state index is 12.3. The first-order valence-electron chi connectivity index (χ1n) is 11.4. The molecule has 1 fully saturated rings. The molecule has 4 heterocycles. The normalized spacial score (nSPS) is 14.3. The van der Waals surface area contributed by atoms with E-state index in [0.717, 1.165) is 23.3 Å². The van der Waals surface area contributed by atoms with Gasteiger partial charge in [-0.2, -0.15) is 0 Å². The number of pyridine rings is 1. The van der Waals surface area contributed by atoms with Crippen molar-refractivity contribution in [3.05, 3.63) is 51.8 Å². The number of rotatable bonds is 3. The van der Waals surface area contributed by atoms with Crippen molar-refractivity contribution in [1.82, 2.24) is 4.57 Å². The maximum absolute atomic E-state index is 12.3. The van der Waals surface area contributed by atoms with Crippen molar-refractivity contribution in [2.75, 3.05) is 13.2 Å². The van der Waals surface area contributed by atoms with Crippen LogP contribution in [0.25, 0.3) is 22.4 Å². The Labute approximate surface area is 189 Å². The largest absolute Gasteiger partial charge is 0.482 e. The van der Waals surface area contributed by atoms with Crippen molar-refractivity contribution in [2.24, 2.45) is 5.92 Å². The van der Waals surface area contributed by atoms with Crippen molar-refractivity contribution in [3.63, 3.8) is 0 Å². The van der Waals surface area contributed by atoms with E-state index in [0.29, 0.717) is 42.5 Å². The van der Waals surface area contributed by atoms with Gasteiger partial charge in [-0.15, -0.1) is 0 Å². The number of fused-ring (bicyclic) bond motifs is 5. The van der Waals surface area contributed by atoms with Crippen LogP contribution in [0.15, 0.2) is 39.7 Å². The minimum atomic E-state index is -0.278. The van der Waals surface area contributed by atoms with Crippen LogP contribution in [0.5, 0.6) is 5.75 Å². The van der Waals surface area contributed by atoms with E-state index >= 15 is 0 Å². The van der Waals surface area contributed by atoms with Gasteiger partial charge in [0.2, 0.25) is 0 Å². The molecule has 172 valence electrons. The first-order chi connectivity index (χ1) is 15.3. The highest BCUT2D eigenvalue weighted by Crippen LogP contribution is 2.40. The fourth-order valence-corrected chi connectivity index (χ4v) is 3.61. The van der Waals surface area contributed by atoms with Gasteiger partial charge in [-0.1, -0.05) is 46.8 Å². The number of ether oxygens (including phenoxy) is 2. The molecule has 0 bridgehead atoms. The molecule has 2 aliphatic heterocycles. The zero-order chi connectivity index (χ0) is 23.4. The number of carbonyl (C=O) groups excluding carboxylic acids is 1. The molecule has 0 unspecified atom stereocenters. The van der Waals surface area contributed by atoms with Crippen LogP contribution in [0.4, 0.5) is 0 Å². The van der Waals surface area contributed by atoms with E-state index in [1.807, 2.05) is 36.6 Å². The monoisotopic (exact) mass is 439 g/mol. The molecule has 3 aromatic rings. The van der Waals surface area contributed by atoms with Crippen LogP contribution < -0.4 is 10.2 Å². The predicted molar refractivity (Wildman–Crippen MR) is 127 cm³/mol. The Morgan fingerprint density at radius 1 is 1.19 bits per heavy atom. The summed E-state index contributed by atoms with van der Waals surface area (Å²) in [5.41, 5.74) is 2.41. The Bertz CT molecular complexity index is 1150. The number of furan rings is 1. The molecule has 1 aromatic carbocycles. The molecule has 2 aliphatic rings. The lowest BCUT2D eigenvalue weighted by Crippen LogP contribution is -2.38. The number of aromatic nitrogens is 1. The fraction of sp³-hybridized carbons (Fsp3) is 0.462. The molecule has 0 atom stereocenters. The van der Waals surface area contributed by atoms with Gasteiger partial charge < -0.3 is 18.5 Å². The SMILES string of the molecule is CC.CC(=O)c1cn2c(cc1=O)-c1oc3c(OC4COC4)cccc3c1CC2.CC(C)C. The molecular formula is C26H33NO5. The zero-order valence-corrected chi connectivity index (χ0v) is 19.9. The lowest BCUT2D eigenvalue weighted by Gasteiger charge is -2.26. The van der Waals surface area contributed by atoms with Gasteiger partial charge in [-0.25, -0.2) is 0 Å². The quantitative estimate of drug-likeness (QED) is 0.505. The fourth-order valence-electron chi connectivity index (χ4n) is 3.61. The van der Waals surface area contributed by atoms with Crippen molar-refractivity contribution in [2.45, 2.75) is 60.6 Å². The number of para-hydroxylation sites is 1. The van der Waals surface area contributed by atoms with E-state index in [2.05, 4.69) is 20.8 Å². The minimum absolute atomic E-state index is 0.0516. The Morgan fingerprint density at radius 2 is 1.88 bits per heavy atom. The van der Waals surface area contributed by atoms with Crippen LogP contribution in [-0.4, -0.2) is 29.7 Å². The van der Waals surface area contributed by atoms with Gasteiger partial charge >= 0.3 is 0 Å². The summed E-state index contributed by atoms with van der Waals surface area (Å²) in [6.07, 6.45) is 2.46. The molecule has 0 aliphatic carbocycles. The molecule has 0 spiro atoms. The average molecular weight is 440 g/mol. The van der Waals surface area contributed by atoms with E-state index in [4.69, 9.17) is 13.9 Å². The molecule has 6 heteroatoms. The van der Waals surface area contributed by atoms with Gasteiger partial charge in [0.05, 0.1) is 24.5 Å². The summed E-state index contributed by atoms with van der Waals surface area (Å²) < 4.78 is 19.2. The smallest absolute Gasteiger partial charge is 0.193 e. The third-order valence-electron chi connectivity index (χ3n) is 5.03. The number of hydrogen-bond acceptors (Lipinski definition) is 5. The molecule has 6 nitrogen and oxygen atoms in total. The average Bonchev–Trinajstić information content (AvgIpc) is 3.11. The summed E-state index contributed by atoms with van der Waals surface area (Å²) >= 11 is 0. The second kappa shape index (κ2) is 10.2. The predicted octanol–water partition coefficient (Wildman–Crippen LogP) is 5.49. The summed E-state index contributed by atoms with van der Waals surface area (Å²) in [6.45, 7) is 13.8. The maximum Gasteiger partial charge on any atom is 0.193 e. The highest BCUT2D eigenvalue weighted by atomic mass is 16.6. The Hall–Kier alpha value is -2.86. The first kappa shape index (κ1) is 23.8. The number of carbonyl (C=O) groups is 1. The zero-order valence-electron chi connectivity index (χ0n) is 19.9. The summed E-state index contributed by atoms with van der Waals surface area (Å²) in [5, 5.41) is 1.01. The molecule has 0 radical (unpaired) electrons. The second-order valence-corrected chi connectivity index (χ2v) is 8.49. The molecular weight excluding hydrogens is 406 g/mol. The van der Waals surface area contributed by atoms with Crippen LogP contribution in [0.3, 0.4) is 0 Å². The van der Waals surface area contributed by atoms with Crippen LogP contribution >= 0.6 is 0 Å². The number of aryl methyl sites for hydroxylation is 2. The van der Waals surface area contributed by atoms with Gasteiger partial charge in [0, 0.05) is 29.8 Å². The van der Waals surface area contributed by atoms with Crippen molar-refractivity contribution >= 4 is 16.8 Å². The number of benzene rings is 1. The lowest BCUT2D eigenvalue weighted by atomic mass is 10.0. The van der Waals surface area contributed by atoms with Crippen LogP contribution in [0.2, 0.25) is 0 Å². The number of hydrogen-bond donors (Lipinski definition) is 0. The third kappa shape index (κ3) is 4.80. The number of Topliss-reactive ketones (excluding diaryl/α,β-unsaturated/α-hetero) is 1. The van der Waals surface area contributed by atoms with E-state index in [9.17, 15) is 9.59 Å². The Balaban J connectivity index is 0.000000437. The molecule has 1 saturated heterocycles. The van der Waals surface area contributed by atoms with Crippen molar-refractivity contribution in [3.8, 4) is 17.2 Å². The molecule has 0 N–H and O–H groups in total. The van der Waals surface area contributed by atoms with Crippen LogP contribution in [0, 0.1) is 5.92 Å². The van der Waals surface area contributed by atoms with Gasteiger partial charge in [0.1, 0.15) is 6.10 Å². The molecule has 32 heavy (non-hydrogen) atoms. The standard InChI is InChI=1S/C20H17NO5.C4H10.C2H6/c1-11(22)15-8-21-6-5-14-13-3-2-4-18(25-12-9-24-10-12)20(13)26-19(14)16(21)7-17(15)23;1-4(2)3;1-2/h2-4,7-8,12H,5-6,9-10H2,1H3;4H,1-3H3;1-2H3. The second-order valence-electron chi connectivity index (χ2n) is 8.49. The van der Waals surface area contributed by atoms with E-state index in [1.165, 1.54) is 13.0 Å². The topological polar surface area (TPSA) is 70.7 Å². The van der Waals surface area contributed by atoms with Gasteiger partial charge in [-0.3, -0.25) is 9.59 Å². The summed E-state index contributed by atoms with van der Waals surface area (Å²) in [4.78, 5) is 24.0. The first-order valence-corrected chi connectivity index (χ1v) is 11.4. The molecule has 5 rings (SSSR count). The highest BCUT2D eigenvalue weighted by molar-refractivity contribution is 5.95. The van der Waals surface area contributed by atoms with E-state index in [1.54, 1.807) is 6.20 Å². The van der Waals surface area contributed by atoms with E-state index in [-0.39, 0.29) is 22.9 Å². The van der Waals surface area contributed by atoms with Crippen molar-refractivity contribution < 1.29 is 18.7 Å². The van der Waals surface area contributed by atoms with Gasteiger partial charge in [0.15, 0.2) is 28.3 Å². The van der Waals surface area contributed by atoms with Crippen molar-refractivity contribution in [1.29, 1.82) is 0 Å². The Morgan fingerprint density at radius 3 is 2.47 bits per heavy atom. The third-order valence-corrected chi connectivity index (χ3v) is 5.03. The summed E-state index contributed by atoms with van der Waals surface area (Å²) in [6, 6.07) is 7.35. The van der Waals surface area contributed by atoms with E-state index < -0.39 is 0 Å². The molecule has 0 amide bonds. The van der Waals surface area contributed by atoms with Crippen LogP contribution in [0.1, 0.15) is 57.5 Å². The summed E-state index contributed by atoms with van der Waals surface area (Å²) in [5.74, 6) is 1.98. The highest BCUT2D eigenvalue weighted by Gasteiger charge is 2.27. The number of nitrogens with zero attached hydrogens (tertiary/aromatic N) is 1. The van der Waals surface area contributed by atoms with Gasteiger partial charge in [0.25, 0.3) is 0 Å². The molecule has 2 aromatic heterocycles. The minimum Gasteiger partial charge on any atom is -0.482 e. The van der Waals surface area contributed by atoms with Gasteiger partial charge in [-0.05, 0) is 25.3 Å². The number of ketones is 1. The van der Waals surface area contributed by atoms with Crippen LogP contribution in [-0.2, 0) is 17.7 Å². The molecule has 0 saturated carbocycles. The Kier molecular flexibility index (Phi) is 7.56.